The smallest absolute Gasteiger partial charge is 0.256 e. The van der Waals surface area contributed by atoms with Gasteiger partial charge in [0.05, 0.1) is 11.6 Å². The second-order valence-electron chi connectivity index (χ2n) is 6.92. The lowest BCUT2D eigenvalue weighted by molar-refractivity contribution is 0.0859. The van der Waals surface area contributed by atoms with Gasteiger partial charge in [-0.05, 0) is 44.2 Å². The lowest BCUT2D eigenvalue weighted by atomic mass is 9.89. The number of anilines is 2. The molecule has 1 aliphatic heterocycles. The van der Waals surface area contributed by atoms with Crippen molar-refractivity contribution >= 4 is 17.4 Å². The van der Waals surface area contributed by atoms with Crippen LogP contribution in [0, 0.1) is 6.92 Å². The second kappa shape index (κ2) is 5.63. The van der Waals surface area contributed by atoms with Crippen LogP contribution in [-0.2, 0) is 12.8 Å². The number of carbonyl (C=O) groups is 1. The summed E-state index contributed by atoms with van der Waals surface area (Å²) >= 11 is 0. The van der Waals surface area contributed by atoms with E-state index < -0.39 is 0 Å². The molecule has 1 unspecified atom stereocenters. The number of hydrogen-bond acceptors (Lipinski definition) is 5. The van der Waals surface area contributed by atoms with E-state index in [2.05, 4.69) is 22.5 Å². The summed E-state index contributed by atoms with van der Waals surface area (Å²) in [5, 5.41) is 7.89. The normalized spacial score (nSPS) is 22.4. The molecule has 6 nitrogen and oxygen atoms in total. The first-order valence-electron chi connectivity index (χ1n) is 8.55. The Morgan fingerprint density at radius 2 is 2.21 bits per heavy atom. The molecule has 0 spiro atoms. The molecule has 0 amide bonds. The Hall–Kier alpha value is -2.34. The fraction of sp³-hybridized carbons (Fsp3) is 0.444. The number of nitrogens with two attached hydrogens (primary N) is 2. The quantitative estimate of drug-likeness (QED) is 0.743. The molecule has 4 rings (SSSR count). The number of aromatic nitrogens is 2. The van der Waals surface area contributed by atoms with Crippen LogP contribution in [0.15, 0.2) is 18.2 Å². The topological polar surface area (TPSA) is 99.0 Å². The Balaban J connectivity index is 1.72. The summed E-state index contributed by atoms with van der Waals surface area (Å²) in [4.78, 5) is 13.2. The van der Waals surface area contributed by atoms with Crippen LogP contribution in [-0.4, -0.2) is 28.3 Å². The third-order valence-corrected chi connectivity index (χ3v) is 5.16. The zero-order valence-electron chi connectivity index (χ0n) is 13.9. The minimum atomic E-state index is -0.210. The number of aryl methyl sites for hydroxylation is 2. The van der Waals surface area contributed by atoms with E-state index in [9.17, 15) is 4.79 Å². The number of rotatable bonds is 1. The van der Waals surface area contributed by atoms with E-state index in [0.717, 1.165) is 53.9 Å². The Morgan fingerprint density at radius 1 is 1.38 bits per heavy atom. The molecule has 0 radical (unpaired) electrons. The third kappa shape index (κ3) is 2.38. The molecule has 24 heavy (non-hydrogen) atoms. The summed E-state index contributed by atoms with van der Waals surface area (Å²) in [5.74, 6) is 0.222. The maximum atomic E-state index is 13.2. The molecule has 2 aliphatic rings. The number of carbonyl (C=O) groups excluding carboxylic acids is 1. The van der Waals surface area contributed by atoms with Gasteiger partial charge in [0.1, 0.15) is 5.82 Å². The van der Waals surface area contributed by atoms with Gasteiger partial charge in [0.15, 0.2) is 0 Å². The van der Waals surface area contributed by atoms with Gasteiger partial charge < -0.3 is 16.8 Å². The van der Waals surface area contributed by atoms with Gasteiger partial charge in [-0.3, -0.25) is 4.79 Å². The summed E-state index contributed by atoms with van der Waals surface area (Å²) < 4.78 is 1.42. The highest BCUT2D eigenvalue weighted by molar-refractivity contribution is 5.90. The molecular formula is C18H23N5O. The number of nitrogens with zero attached hydrogens (tertiary/aromatic N) is 2. The summed E-state index contributed by atoms with van der Waals surface area (Å²) in [6.45, 7) is 2.82. The lowest BCUT2D eigenvalue weighted by Crippen LogP contribution is -2.28. The van der Waals surface area contributed by atoms with Crippen molar-refractivity contribution in [3.8, 4) is 0 Å². The van der Waals surface area contributed by atoms with E-state index in [1.807, 2.05) is 13.0 Å². The van der Waals surface area contributed by atoms with Crippen LogP contribution in [0.4, 0.5) is 11.5 Å². The van der Waals surface area contributed by atoms with E-state index >= 15 is 0 Å². The van der Waals surface area contributed by atoms with Gasteiger partial charge in [-0.15, -0.1) is 0 Å². The van der Waals surface area contributed by atoms with Crippen LogP contribution >= 0.6 is 0 Å². The molecular weight excluding hydrogens is 302 g/mol. The SMILES string of the molecule is Cc1ccc2c(c1)[C@@H](C(=O)n1nc3c(c1N)CC(N)CC3)CCN2. The number of fused-ring (bicyclic) bond motifs is 2. The standard InChI is InChI=1S/C18H23N5O/c1-10-2-4-15-13(8-10)12(6-7-21-15)18(24)23-17(20)14-9-11(19)3-5-16(14)22-23/h2,4,8,11-12,21H,3,5-7,9,19-20H2,1H3/t11?,12-/m0/s1. The number of nitrogen functional groups attached to an aromatic ring is 1. The highest BCUT2D eigenvalue weighted by Crippen LogP contribution is 2.35. The molecule has 0 saturated carbocycles. The van der Waals surface area contributed by atoms with Crippen LogP contribution in [0.5, 0.6) is 0 Å². The van der Waals surface area contributed by atoms with Gasteiger partial charge in [0.25, 0.3) is 5.91 Å². The maximum Gasteiger partial charge on any atom is 0.256 e. The van der Waals surface area contributed by atoms with Crippen LogP contribution in [0.1, 0.15) is 45.9 Å². The molecule has 1 aromatic carbocycles. The van der Waals surface area contributed by atoms with Gasteiger partial charge in [0, 0.05) is 23.8 Å². The molecule has 0 saturated heterocycles. The van der Waals surface area contributed by atoms with Gasteiger partial charge >= 0.3 is 0 Å². The van der Waals surface area contributed by atoms with Gasteiger partial charge in [0.2, 0.25) is 0 Å². The molecule has 0 bridgehead atoms. The molecule has 1 aliphatic carbocycles. The lowest BCUT2D eigenvalue weighted by Gasteiger charge is -2.26. The molecule has 2 aromatic rings. The van der Waals surface area contributed by atoms with Gasteiger partial charge in [-0.1, -0.05) is 17.7 Å². The number of benzene rings is 1. The van der Waals surface area contributed by atoms with Crippen molar-refractivity contribution in [2.24, 2.45) is 5.73 Å². The predicted molar refractivity (Wildman–Crippen MR) is 94.3 cm³/mol. The van der Waals surface area contributed by atoms with Crippen LogP contribution in [0.3, 0.4) is 0 Å². The zero-order chi connectivity index (χ0) is 16.8. The Bertz CT molecular complexity index is 810. The van der Waals surface area contributed by atoms with Gasteiger partial charge in [-0.2, -0.15) is 9.78 Å². The molecule has 2 heterocycles. The van der Waals surface area contributed by atoms with Crippen molar-refractivity contribution in [2.75, 3.05) is 17.6 Å². The Labute approximate surface area is 141 Å². The average molecular weight is 325 g/mol. The highest BCUT2D eigenvalue weighted by atomic mass is 16.2. The van der Waals surface area contributed by atoms with Crippen molar-refractivity contribution < 1.29 is 4.79 Å². The van der Waals surface area contributed by atoms with E-state index in [4.69, 9.17) is 11.5 Å². The third-order valence-electron chi connectivity index (χ3n) is 5.16. The molecule has 5 N–H and O–H groups in total. The summed E-state index contributed by atoms with van der Waals surface area (Å²) in [5.41, 5.74) is 17.4. The van der Waals surface area contributed by atoms with Gasteiger partial charge in [-0.25, -0.2) is 0 Å². The summed E-state index contributed by atoms with van der Waals surface area (Å²) in [6.07, 6.45) is 3.14. The van der Waals surface area contributed by atoms with E-state index in [1.165, 1.54) is 4.68 Å². The first-order chi connectivity index (χ1) is 11.5. The summed E-state index contributed by atoms with van der Waals surface area (Å²) in [7, 11) is 0. The van der Waals surface area contributed by atoms with Crippen molar-refractivity contribution in [2.45, 2.75) is 44.6 Å². The first-order valence-corrected chi connectivity index (χ1v) is 8.55. The molecule has 1 aromatic heterocycles. The second-order valence-corrected chi connectivity index (χ2v) is 6.92. The van der Waals surface area contributed by atoms with Crippen molar-refractivity contribution in [1.82, 2.24) is 9.78 Å². The van der Waals surface area contributed by atoms with Crippen LogP contribution in [0.25, 0.3) is 0 Å². The van der Waals surface area contributed by atoms with Crippen molar-refractivity contribution in [3.05, 3.63) is 40.6 Å². The predicted octanol–water partition coefficient (Wildman–Crippen LogP) is 1.83. The molecule has 2 atom stereocenters. The highest BCUT2D eigenvalue weighted by Gasteiger charge is 2.32. The Morgan fingerprint density at radius 3 is 3.04 bits per heavy atom. The fourth-order valence-corrected chi connectivity index (χ4v) is 3.83. The number of nitrogens with one attached hydrogen (secondary N) is 1. The molecule has 0 fully saturated rings. The van der Waals surface area contributed by atoms with E-state index in [1.54, 1.807) is 0 Å². The Kier molecular flexibility index (Phi) is 3.57. The monoisotopic (exact) mass is 325 g/mol. The van der Waals surface area contributed by atoms with Crippen LogP contribution < -0.4 is 16.8 Å². The number of hydrogen-bond donors (Lipinski definition) is 3. The fourth-order valence-electron chi connectivity index (χ4n) is 3.83. The maximum absolute atomic E-state index is 13.2. The van der Waals surface area contributed by atoms with Crippen molar-refractivity contribution in [1.29, 1.82) is 0 Å². The molecule has 126 valence electrons. The summed E-state index contributed by atoms with van der Waals surface area (Å²) in [6, 6.07) is 6.29. The van der Waals surface area contributed by atoms with Crippen LogP contribution in [0.2, 0.25) is 0 Å². The molecule has 6 heteroatoms. The largest absolute Gasteiger partial charge is 0.385 e. The zero-order valence-corrected chi connectivity index (χ0v) is 13.9. The minimum Gasteiger partial charge on any atom is -0.385 e. The average Bonchev–Trinajstić information content (AvgIpc) is 2.90. The minimum absolute atomic E-state index is 0.0381. The van der Waals surface area contributed by atoms with Crippen molar-refractivity contribution in [3.63, 3.8) is 0 Å². The van der Waals surface area contributed by atoms with E-state index in [-0.39, 0.29) is 17.9 Å². The first kappa shape index (κ1) is 15.2. The van der Waals surface area contributed by atoms with E-state index in [0.29, 0.717) is 12.2 Å².